The summed E-state index contributed by atoms with van der Waals surface area (Å²) in [6.45, 7) is 0. The van der Waals surface area contributed by atoms with Gasteiger partial charge in [0.05, 0.1) is 11.3 Å². The predicted octanol–water partition coefficient (Wildman–Crippen LogP) is 1.39. The van der Waals surface area contributed by atoms with Gasteiger partial charge in [0.15, 0.2) is 5.84 Å². The number of nitriles is 2. The van der Waals surface area contributed by atoms with Crippen molar-refractivity contribution in [3.05, 3.63) is 27.3 Å². The summed E-state index contributed by atoms with van der Waals surface area (Å²) >= 11 is 2.08. The van der Waals surface area contributed by atoms with E-state index in [2.05, 4.69) is 33.1 Å². The van der Waals surface area contributed by atoms with Gasteiger partial charge in [-0.1, -0.05) is 0 Å². The third-order valence-corrected chi connectivity index (χ3v) is 2.42. The maximum absolute atomic E-state index is 8.90. The molecular formula is C10H7IN6. The molecule has 4 N–H and O–H groups in total. The normalized spacial score (nSPS) is 10.2. The molecule has 0 saturated heterocycles. The minimum Gasteiger partial charge on any atom is -0.382 e. The first kappa shape index (κ1) is 12.9. The van der Waals surface area contributed by atoms with Crippen LogP contribution in [0.4, 0.5) is 5.69 Å². The van der Waals surface area contributed by atoms with Crippen molar-refractivity contribution in [1.29, 1.82) is 15.9 Å². The standard InChI is InChI=1S/C10H7IN6/c11-7-1-2-8(6(3-7)4-12)16-17-9(5-13)10(14)15/h1-3,16H,(H3,14,15)/b17-9+. The van der Waals surface area contributed by atoms with Gasteiger partial charge in [-0.15, -0.1) is 0 Å². The van der Waals surface area contributed by atoms with Crippen molar-refractivity contribution in [2.75, 3.05) is 5.43 Å². The SMILES string of the molecule is N#C/C(=N\Nc1ccc(I)cc1C#N)C(=N)N. The Balaban J connectivity index is 3.02. The number of nitrogens with one attached hydrogen (secondary N) is 2. The van der Waals surface area contributed by atoms with Gasteiger partial charge in [0.25, 0.3) is 0 Å². The van der Waals surface area contributed by atoms with Crippen molar-refractivity contribution in [3.8, 4) is 12.1 Å². The second-order valence-electron chi connectivity index (χ2n) is 2.90. The highest BCUT2D eigenvalue weighted by Gasteiger charge is 2.04. The minimum absolute atomic E-state index is 0.229. The second kappa shape index (κ2) is 5.82. The largest absolute Gasteiger partial charge is 0.382 e. The lowest BCUT2D eigenvalue weighted by Gasteiger charge is -2.03. The molecule has 0 atom stereocenters. The fourth-order valence-corrected chi connectivity index (χ4v) is 1.46. The molecule has 0 aliphatic carbocycles. The van der Waals surface area contributed by atoms with Gasteiger partial charge in [-0.3, -0.25) is 10.8 Å². The Hall–Kier alpha value is -2.13. The Morgan fingerprint density at radius 3 is 2.71 bits per heavy atom. The lowest BCUT2D eigenvalue weighted by molar-refractivity contribution is 1.32. The Morgan fingerprint density at radius 2 is 2.18 bits per heavy atom. The molecule has 0 aliphatic rings. The van der Waals surface area contributed by atoms with Crippen LogP contribution in [0.25, 0.3) is 0 Å². The minimum atomic E-state index is -0.427. The quantitative estimate of drug-likeness (QED) is 0.334. The molecule has 1 aromatic rings. The molecule has 0 heterocycles. The fourth-order valence-electron chi connectivity index (χ4n) is 0.968. The van der Waals surface area contributed by atoms with Crippen LogP contribution in [0.2, 0.25) is 0 Å². The monoisotopic (exact) mass is 338 g/mol. The van der Waals surface area contributed by atoms with Crippen molar-refractivity contribution in [2.45, 2.75) is 0 Å². The Kier molecular flexibility index (Phi) is 4.43. The van der Waals surface area contributed by atoms with Crippen LogP contribution in [0.15, 0.2) is 23.3 Å². The summed E-state index contributed by atoms with van der Waals surface area (Å²) in [4.78, 5) is 0. The number of anilines is 1. The molecule has 0 saturated carbocycles. The molecule has 1 rings (SSSR count). The average molecular weight is 338 g/mol. The number of nitrogens with two attached hydrogens (primary N) is 1. The highest BCUT2D eigenvalue weighted by Crippen LogP contribution is 2.17. The van der Waals surface area contributed by atoms with Crippen molar-refractivity contribution >= 4 is 39.8 Å². The number of hydrogen-bond acceptors (Lipinski definition) is 5. The number of amidine groups is 1. The number of benzene rings is 1. The number of rotatable bonds is 3. The number of hydrazone groups is 1. The van der Waals surface area contributed by atoms with E-state index in [0.29, 0.717) is 11.3 Å². The molecule has 84 valence electrons. The fraction of sp³-hybridized carbons (Fsp3) is 0. The molecule has 17 heavy (non-hydrogen) atoms. The lowest BCUT2D eigenvalue weighted by atomic mass is 10.2. The van der Waals surface area contributed by atoms with Crippen LogP contribution in [0.1, 0.15) is 5.56 Å². The van der Waals surface area contributed by atoms with Crippen LogP contribution in [-0.4, -0.2) is 11.5 Å². The highest BCUT2D eigenvalue weighted by molar-refractivity contribution is 14.1. The summed E-state index contributed by atoms with van der Waals surface area (Å²) < 4.78 is 0.917. The first-order valence-electron chi connectivity index (χ1n) is 4.36. The molecule has 0 aromatic heterocycles. The Bertz CT molecular complexity index is 563. The van der Waals surface area contributed by atoms with Gasteiger partial charge in [0.1, 0.15) is 12.1 Å². The zero-order valence-corrected chi connectivity index (χ0v) is 10.7. The molecule has 0 fully saturated rings. The summed E-state index contributed by atoms with van der Waals surface area (Å²) in [5.74, 6) is -0.427. The highest BCUT2D eigenvalue weighted by atomic mass is 127. The first-order chi connectivity index (χ1) is 8.08. The summed E-state index contributed by atoms with van der Waals surface area (Å²) in [5.41, 5.74) is 8.31. The van der Waals surface area contributed by atoms with E-state index < -0.39 is 5.84 Å². The van der Waals surface area contributed by atoms with E-state index in [1.54, 1.807) is 24.3 Å². The molecular weight excluding hydrogens is 331 g/mol. The average Bonchev–Trinajstić information content (AvgIpc) is 2.31. The second-order valence-corrected chi connectivity index (χ2v) is 4.15. The first-order valence-corrected chi connectivity index (χ1v) is 5.44. The van der Waals surface area contributed by atoms with Crippen LogP contribution in [0, 0.1) is 31.6 Å². The summed E-state index contributed by atoms with van der Waals surface area (Å²) in [5, 5.41) is 28.3. The van der Waals surface area contributed by atoms with Crippen molar-refractivity contribution in [3.63, 3.8) is 0 Å². The van der Waals surface area contributed by atoms with Gasteiger partial charge in [-0.25, -0.2) is 0 Å². The van der Waals surface area contributed by atoms with Crippen LogP contribution < -0.4 is 11.2 Å². The van der Waals surface area contributed by atoms with Gasteiger partial charge in [-0.05, 0) is 40.8 Å². The summed E-state index contributed by atoms with van der Waals surface area (Å²) in [6.07, 6.45) is 0. The number of halogens is 1. The van der Waals surface area contributed by atoms with E-state index in [-0.39, 0.29) is 5.71 Å². The third kappa shape index (κ3) is 3.43. The Labute approximate surface area is 111 Å². The van der Waals surface area contributed by atoms with Gasteiger partial charge < -0.3 is 5.73 Å². The molecule has 1 aromatic carbocycles. The van der Waals surface area contributed by atoms with Crippen LogP contribution in [-0.2, 0) is 0 Å². The van der Waals surface area contributed by atoms with Crippen LogP contribution in [0.3, 0.4) is 0 Å². The molecule has 0 radical (unpaired) electrons. The topological polar surface area (TPSA) is 122 Å². The maximum Gasteiger partial charge on any atom is 0.201 e. The molecule has 7 heteroatoms. The van der Waals surface area contributed by atoms with Gasteiger partial charge in [0, 0.05) is 3.57 Å². The van der Waals surface area contributed by atoms with E-state index in [1.807, 2.05) is 6.07 Å². The van der Waals surface area contributed by atoms with Gasteiger partial charge in [0.2, 0.25) is 5.71 Å². The molecule has 0 amide bonds. The number of nitrogens with zero attached hydrogens (tertiary/aromatic N) is 3. The van der Waals surface area contributed by atoms with Crippen molar-refractivity contribution < 1.29 is 0 Å². The van der Waals surface area contributed by atoms with E-state index in [4.69, 9.17) is 21.7 Å². The number of hydrogen-bond donors (Lipinski definition) is 3. The van der Waals surface area contributed by atoms with Gasteiger partial charge >= 0.3 is 0 Å². The zero-order chi connectivity index (χ0) is 12.8. The zero-order valence-electron chi connectivity index (χ0n) is 8.53. The van der Waals surface area contributed by atoms with Crippen molar-refractivity contribution in [1.82, 2.24) is 0 Å². The molecule has 6 nitrogen and oxygen atoms in total. The van der Waals surface area contributed by atoms with Crippen LogP contribution >= 0.6 is 22.6 Å². The van der Waals surface area contributed by atoms with E-state index in [0.717, 1.165) is 3.57 Å². The molecule has 0 aliphatic heterocycles. The van der Waals surface area contributed by atoms with E-state index in [9.17, 15) is 0 Å². The smallest absolute Gasteiger partial charge is 0.201 e. The Morgan fingerprint density at radius 1 is 1.47 bits per heavy atom. The van der Waals surface area contributed by atoms with E-state index in [1.165, 1.54) is 0 Å². The van der Waals surface area contributed by atoms with E-state index >= 15 is 0 Å². The van der Waals surface area contributed by atoms with Gasteiger partial charge in [-0.2, -0.15) is 15.6 Å². The third-order valence-electron chi connectivity index (χ3n) is 1.75. The molecule has 0 bridgehead atoms. The molecule has 0 unspecified atom stereocenters. The van der Waals surface area contributed by atoms with Crippen LogP contribution in [0.5, 0.6) is 0 Å². The lowest BCUT2D eigenvalue weighted by Crippen LogP contribution is -2.21. The molecule has 0 spiro atoms. The summed E-state index contributed by atoms with van der Waals surface area (Å²) in [7, 11) is 0. The predicted molar refractivity (Wildman–Crippen MR) is 72.5 cm³/mol. The maximum atomic E-state index is 8.90. The van der Waals surface area contributed by atoms with Crippen molar-refractivity contribution in [2.24, 2.45) is 10.8 Å². The summed E-state index contributed by atoms with van der Waals surface area (Å²) in [6, 6.07) is 8.81.